The van der Waals surface area contributed by atoms with Crippen LogP contribution in [0.25, 0.3) is 21.8 Å². The lowest BCUT2D eigenvalue weighted by Crippen LogP contribution is -2.21. The van der Waals surface area contributed by atoms with E-state index in [0.29, 0.717) is 11.0 Å². The van der Waals surface area contributed by atoms with E-state index >= 15 is 0 Å². The molecule has 0 bridgehead atoms. The van der Waals surface area contributed by atoms with Crippen LogP contribution in [0.2, 0.25) is 5.02 Å². The molecule has 1 aromatic carbocycles. The molecule has 2 heterocycles. The summed E-state index contributed by atoms with van der Waals surface area (Å²) in [6.07, 6.45) is 2.91. The molecule has 28 heavy (non-hydrogen) atoms. The molecule has 0 aliphatic carbocycles. The van der Waals surface area contributed by atoms with Crippen molar-refractivity contribution in [2.24, 2.45) is 0 Å². The van der Waals surface area contributed by atoms with Gasteiger partial charge in [-0.25, -0.2) is 15.0 Å². The highest BCUT2D eigenvalue weighted by Gasteiger charge is 2.13. The molecular weight excluding hydrogens is 392 g/mol. The van der Waals surface area contributed by atoms with E-state index in [0.717, 1.165) is 53.0 Å². The number of likely N-dealkylation sites (N-methyl/N-ethyl adjacent to an activating group) is 1. The summed E-state index contributed by atoms with van der Waals surface area (Å²) in [5.74, 6) is 0.589. The minimum Gasteiger partial charge on any atom is -0.362 e. The second-order valence-corrected chi connectivity index (χ2v) is 8.07. The fraction of sp³-hybridized carbons (Fsp3) is 0.350. The van der Waals surface area contributed by atoms with Gasteiger partial charge in [-0.15, -0.1) is 0 Å². The van der Waals surface area contributed by atoms with Crippen molar-refractivity contribution in [2.45, 2.75) is 13.3 Å². The number of benzene rings is 1. The molecule has 0 amide bonds. The Bertz CT molecular complexity index is 911. The Morgan fingerprint density at radius 1 is 1.07 bits per heavy atom. The van der Waals surface area contributed by atoms with Gasteiger partial charge in [-0.05, 0) is 32.6 Å². The summed E-state index contributed by atoms with van der Waals surface area (Å²) in [7, 11) is 4.08. The number of hydrogen-bond donors (Lipinski definition) is 2. The molecule has 8 heteroatoms. The van der Waals surface area contributed by atoms with Gasteiger partial charge in [-0.1, -0.05) is 48.1 Å². The summed E-state index contributed by atoms with van der Waals surface area (Å²) in [6.45, 7) is 4.68. The van der Waals surface area contributed by atoms with Crippen molar-refractivity contribution in [2.75, 3.05) is 44.4 Å². The van der Waals surface area contributed by atoms with Crippen molar-refractivity contribution in [3.8, 4) is 21.8 Å². The van der Waals surface area contributed by atoms with E-state index in [-0.39, 0.29) is 0 Å². The van der Waals surface area contributed by atoms with E-state index in [1.165, 1.54) is 0 Å². The Morgan fingerprint density at radius 3 is 2.61 bits per heavy atom. The standard InChI is InChI=1S/C20H25ClN6S/c1-4-9-23-20-24-13-18(28-20)17-12-16(14-7-5-6-8-15(14)21)25-19(26-17)22-10-11-27(2)3/h5-8,12-13H,4,9-11H2,1-3H3,(H,23,24)(H,22,25,26). The SMILES string of the molecule is CCCNc1ncc(-c2cc(-c3ccccc3Cl)nc(NCCN(C)C)n2)s1. The first-order valence-corrected chi connectivity index (χ1v) is 10.5. The van der Waals surface area contributed by atoms with Crippen molar-refractivity contribution < 1.29 is 0 Å². The lowest BCUT2D eigenvalue weighted by atomic mass is 10.1. The molecule has 2 N–H and O–H groups in total. The Balaban J connectivity index is 1.95. The first-order valence-electron chi connectivity index (χ1n) is 9.29. The molecule has 3 rings (SSSR count). The minimum absolute atomic E-state index is 0.589. The summed E-state index contributed by atoms with van der Waals surface area (Å²) >= 11 is 8.00. The number of anilines is 2. The zero-order chi connectivity index (χ0) is 19.9. The summed E-state index contributed by atoms with van der Waals surface area (Å²) in [5.41, 5.74) is 2.51. The highest BCUT2D eigenvalue weighted by Crippen LogP contribution is 2.33. The number of nitrogens with one attached hydrogen (secondary N) is 2. The molecule has 0 atom stereocenters. The van der Waals surface area contributed by atoms with Crippen molar-refractivity contribution in [3.05, 3.63) is 41.6 Å². The number of halogens is 1. The van der Waals surface area contributed by atoms with Crippen molar-refractivity contribution in [1.82, 2.24) is 19.9 Å². The molecule has 0 aliphatic heterocycles. The fourth-order valence-corrected chi connectivity index (χ4v) is 3.59. The highest BCUT2D eigenvalue weighted by atomic mass is 35.5. The number of hydrogen-bond acceptors (Lipinski definition) is 7. The highest BCUT2D eigenvalue weighted by molar-refractivity contribution is 7.18. The molecular formula is C20H25ClN6S. The van der Waals surface area contributed by atoms with Gasteiger partial charge in [0.05, 0.1) is 16.3 Å². The third kappa shape index (κ3) is 5.41. The Kier molecular flexibility index (Phi) is 7.19. The largest absolute Gasteiger partial charge is 0.362 e. The second-order valence-electron chi connectivity index (χ2n) is 6.63. The van der Waals surface area contributed by atoms with E-state index < -0.39 is 0 Å². The third-order valence-corrected chi connectivity index (χ3v) is 5.31. The van der Waals surface area contributed by atoms with Crippen LogP contribution in [0.4, 0.5) is 11.1 Å². The average Bonchev–Trinajstić information content (AvgIpc) is 3.15. The molecule has 0 spiro atoms. The van der Waals surface area contributed by atoms with Gasteiger partial charge in [-0.2, -0.15) is 0 Å². The van der Waals surface area contributed by atoms with Gasteiger partial charge in [0.1, 0.15) is 0 Å². The number of aromatic nitrogens is 3. The van der Waals surface area contributed by atoms with Crippen molar-refractivity contribution in [1.29, 1.82) is 0 Å². The molecule has 0 saturated carbocycles. The van der Waals surface area contributed by atoms with Crippen LogP contribution in [0, 0.1) is 0 Å². The van der Waals surface area contributed by atoms with Gasteiger partial charge < -0.3 is 15.5 Å². The van der Waals surface area contributed by atoms with Crippen LogP contribution in [-0.2, 0) is 0 Å². The van der Waals surface area contributed by atoms with Gasteiger partial charge >= 0.3 is 0 Å². The van der Waals surface area contributed by atoms with Gasteiger partial charge in [-0.3, -0.25) is 0 Å². The van der Waals surface area contributed by atoms with Crippen molar-refractivity contribution >= 4 is 34.0 Å². The van der Waals surface area contributed by atoms with Gasteiger partial charge in [0.2, 0.25) is 5.95 Å². The second kappa shape index (κ2) is 9.82. The fourth-order valence-electron chi connectivity index (χ4n) is 2.56. The molecule has 6 nitrogen and oxygen atoms in total. The van der Waals surface area contributed by atoms with Crippen LogP contribution in [0.15, 0.2) is 36.5 Å². The first-order chi connectivity index (χ1) is 13.6. The first kappa shape index (κ1) is 20.5. The molecule has 0 fully saturated rings. The Labute approximate surface area is 175 Å². The van der Waals surface area contributed by atoms with Crippen LogP contribution in [0.3, 0.4) is 0 Å². The maximum absolute atomic E-state index is 6.41. The van der Waals surface area contributed by atoms with E-state index in [1.54, 1.807) is 11.3 Å². The summed E-state index contributed by atoms with van der Waals surface area (Å²) < 4.78 is 0. The van der Waals surface area contributed by atoms with E-state index in [1.807, 2.05) is 50.6 Å². The number of thiazole rings is 1. The zero-order valence-corrected chi connectivity index (χ0v) is 17.9. The predicted molar refractivity (Wildman–Crippen MR) is 119 cm³/mol. The number of nitrogens with zero attached hydrogens (tertiary/aromatic N) is 4. The summed E-state index contributed by atoms with van der Waals surface area (Å²) in [5, 5.41) is 8.21. The molecule has 0 saturated heterocycles. The monoisotopic (exact) mass is 416 g/mol. The van der Waals surface area contributed by atoms with Gasteiger partial charge in [0.25, 0.3) is 0 Å². The van der Waals surface area contributed by atoms with Crippen molar-refractivity contribution in [3.63, 3.8) is 0 Å². The normalized spacial score (nSPS) is 11.0. The zero-order valence-electron chi connectivity index (χ0n) is 16.4. The predicted octanol–water partition coefficient (Wildman–Crippen LogP) is 4.72. The summed E-state index contributed by atoms with van der Waals surface area (Å²) in [4.78, 5) is 17.0. The maximum Gasteiger partial charge on any atom is 0.223 e. The quantitative estimate of drug-likeness (QED) is 0.526. The minimum atomic E-state index is 0.589. The molecule has 148 valence electrons. The number of rotatable bonds is 9. The smallest absolute Gasteiger partial charge is 0.223 e. The summed E-state index contributed by atoms with van der Waals surface area (Å²) in [6, 6.07) is 9.69. The maximum atomic E-state index is 6.41. The molecule has 3 aromatic rings. The van der Waals surface area contributed by atoms with Crippen LogP contribution < -0.4 is 10.6 Å². The lowest BCUT2D eigenvalue weighted by molar-refractivity contribution is 0.425. The van der Waals surface area contributed by atoms with Crippen LogP contribution >= 0.6 is 22.9 Å². The topological polar surface area (TPSA) is 66.0 Å². The van der Waals surface area contributed by atoms with Crippen LogP contribution in [0.5, 0.6) is 0 Å². The van der Waals surface area contributed by atoms with E-state index in [9.17, 15) is 0 Å². The van der Waals surface area contributed by atoms with Crippen LogP contribution in [0.1, 0.15) is 13.3 Å². The lowest BCUT2D eigenvalue weighted by Gasteiger charge is -2.12. The molecule has 0 aliphatic rings. The van der Waals surface area contributed by atoms with E-state index in [2.05, 4.69) is 32.4 Å². The van der Waals surface area contributed by atoms with Crippen LogP contribution in [-0.4, -0.2) is 53.6 Å². The van der Waals surface area contributed by atoms with Gasteiger partial charge in [0.15, 0.2) is 5.13 Å². The molecule has 0 unspecified atom stereocenters. The molecule has 0 radical (unpaired) electrons. The van der Waals surface area contributed by atoms with E-state index in [4.69, 9.17) is 16.6 Å². The Hall–Kier alpha value is -2.22. The Morgan fingerprint density at radius 2 is 1.86 bits per heavy atom. The van der Waals surface area contributed by atoms with Gasteiger partial charge in [0, 0.05) is 36.4 Å². The average molecular weight is 417 g/mol. The third-order valence-electron chi connectivity index (χ3n) is 4.00. The molecule has 2 aromatic heterocycles.